The van der Waals surface area contributed by atoms with Crippen LogP contribution in [0.1, 0.15) is 37.7 Å². The Bertz CT molecular complexity index is 798. The van der Waals surface area contributed by atoms with Crippen molar-refractivity contribution < 1.29 is 9.21 Å². The van der Waals surface area contributed by atoms with Crippen LogP contribution in [0.25, 0.3) is 0 Å². The van der Waals surface area contributed by atoms with E-state index in [2.05, 4.69) is 9.89 Å². The van der Waals surface area contributed by atoms with Gasteiger partial charge in [0.05, 0.1) is 31.8 Å². The van der Waals surface area contributed by atoms with Crippen LogP contribution < -0.4 is 0 Å². The molecule has 1 saturated heterocycles. The number of hydrogen-bond acceptors (Lipinski definition) is 7. The van der Waals surface area contributed by atoms with Gasteiger partial charge < -0.3 is 14.2 Å². The van der Waals surface area contributed by atoms with Crippen LogP contribution in [0, 0.1) is 28.6 Å². The molecule has 1 amide bonds. The zero-order chi connectivity index (χ0) is 20.6. The summed E-state index contributed by atoms with van der Waals surface area (Å²) in [6, 6.07) is 7.90. The number of piperidine rings is 1. The van der Waals surface area contributed by atoms with Gasteiger partial charge in [-0.3, -0.25) is 14.7 Å². The first-order valence-electron chi connectivity index (χ1n) is 10.2. The molecule has 3 heterocycles. The van der Waals surface area contributed by atoms with E-state index < -0.39 is 5.92 Å². The molecule has 0 aliphatic carbocycles. The van der Waals surface area contributed by atoms with Crippen molar-refractivity contribution >= 4 is 11.7 Å². The Kier molecular flexibility index (Phi) is 7.26. The molecular weight excluding hydrogens is 368 g/mol. The summed E-state index contributed by atoms with van der Waals surface area (Å²) < 4.78 is 5.97. The predicted octanol–water partition coefficient (Wildman–Crippen LogP) is 1.99. The lowest BCUT2D eigenvalue weighted by Crippen LogP contribution is -2.40. The maximum absolute atomic E-state index is 12.1. The summed E-state index contributed by atoms with van der Waals surface area (Å²) in [4.78, 5) is 22.5. The first-order valence-corrected chi connectivity index (χ1v) is 10.2. The van der Waals surface area contributed by atoms with Gasteiger partial charge in [-0.05, 0) is 38.1 Å². The molecule has 154 valence electrons. The molecule has 1 aromatic rings. The molecule has 0 bridgehead atoms. The minimum Gasteiger partial charge on any atom is -0.463 e. The number of hydrogen-bond donors (Lipinski definition) is 0. The average molecular weight is 396 g/mol. The van der Waals surface area contributed by atoms with Crippen LogP contribution in [0.3, 0.4) is 0 Å². The van der Waals surface area contributed by atoms with E-state index in [0.717, 1.165) is 31.2 Å². The van der Waals surface area contributed by atoms with Crippen LogP contribution in [0.4, 0.5) is 0 Å². The number of likely N-dealkylation sites (tertiary alicyclic amines) is 1. The molecule has 0 radical (unpaired) electrons. The zero-order valence-electron chi connectivity index (χ0n) is 17.0. The predicted molar refractivity (Wildman–Crippen MR) is 108 cm³/mol. The quantitative estimate of drug-likeness (QED) is 0.666. The molecule has 3 rings (SSSR count). The van der Waals surface area contributed by atoms with Crippen LogP contribution in [-0.4, -0.2) is 65.7 Å². The second-order valence-electron chi connectivity index (χ2n) is 7.56. The van der Waals surface area contributed by atoms with Gasteiger partial charge in [0, 0.05) is 26.6 Å². The molecule has 0 aromatic carbocycles. The highest BCUT2D eigenvalue weighted by atomic mass is 16.3. The van der Waals surface area contributed by atoms with Gasteiger partial charge in [-0.25, -0.2) is 0 Å². The molecule has 1 fully saturated rings. The summed E-state index contributed by atoms with van der Waals surface area (Å²) in [6.07, 6.45) is 3.79. The van der Waals surface area contributed by atoms with Crippen molar-refractivity contribution in [2.45, 2.75) is 39.3 Å². The van der Waals surface area contributed by atoms with Gasteiger partial charge in [-0.1, -0.05) is 6.42 Å². The largest absolute Gasteiger partial charge is 0.463 e. The number of aliphatic imine (C=N–C) groups is 1. The van der Waals surface area contributed by atoms with E-state index in [0.29, 0.717) is 38.6 Å². The number of carbonyl (C=O) groups is 1. The van der Waals surface area contributed by atoms with Crippen molar-refractivity contribution in [3.63, 3.8) is 0 Å². The highest BCUT2D eigenvalue weighted by Crippen LogP contribution is 2.17. The van der Waals surface area contributed by atoms with E-state index in [1.165, 1.54) is 19.3 Å². The van der Waals surface area contributed by atoms with Crippen LogP contribution >= 0.6 is 0 Å². The van der Waals surface area contributed by atoms with Gasteiger partial charge >= 0.3 is 0 Å². The fraction of sp³-hybridized carbons (Fsp3) is 0.619. The minimum absolute atomic E-state index is 0.0335. The standard InChI is InChI=1S/C21H28N6O2/c1-17(28)27(12-11-26-10-7-24-21(26)18(13-22)14-23)16-20-6-5-19(29-20)15-25-8-3-2-4-9-25/h5-6,18H,2-4,7-12,15-16H2,1H3. The topological polar surface area (TPSA) is 99.9 Å². The Morgan fingerprint density at radius 1 is 1.21 bits per heavy atom. The monoisotopic (exact) mass is 396 g/mol. The molecule has 1 aromatic heterocycles. The van der Waals surface area contributed by atoms with E-state index in [9.17, 15) is 4.79 Å². The molecular formula is C21H28N6O2. The lowest BCUT2D eigenvalue weighted by molar-refractivity contribution is -0.129. The summed E-state index contributed by atoms with van der Waals surface area (Å²) >= 11 is 0. The number of nitriles is 2. The van der Waals surface area contributed by atoms with Gasteiger partial charge in [-0.15, -0.1) is 0 Å². The normalized spacial score (nSPS) is 17.1. The van der Waals surface area contributed by atoms with Crippen molar-refractivity contribution in [2.24, 2.45) is 10.9 Å². The summed E-state index contributed by atoms with van der Waals surface area (Å²) in [5.74, 6) is 1.33. The number of amidine groups is 1. The Balaban J connectivity index is 1.54. The van der Waals surface area contributed by atoms with Crippen LogP contribution in [-0.2, 0) is 17.9 Å². The van der Waals surface area contributed by atoms with Crippen molar-refractivity contribution in [3.05, 3.63) is 23.7 Å². The third kappa shape index (κ3) is 5.58. The average Bonchev–Trinajstić information content (AvgIpc) is 3.36. The lowest BCUT2D eigenvalue weighted by atomic mass is 10.1. The maximum Gasteiger partial charge on any atom is 0.219 e. The molecule has 0 saturated carbocycles. The molecule has 0 unspecified atom stereocenters. The molecule has 29 heavy (non-hydrogen) atoms. The first kappa shape index (κ1) is 20.9. The first-order chi connectivity index (χ1) is 14.1. The highest BCUT2D eigenvalue weighted by molar-refractivity contribution is 5.90. The minimum atomic E-state index is -0.856. The number of nitrogens with zero attached hydrogens (tertiary/aromatic N) is 6. The van der Waals surface area contributed by atoms with Crippen molar-refractivity contribution in [1.29, 1.82) is 10.5 Å². The summed E-state index contributed by atoms with van der Waals surface area (Å²) in [6.45, 7) is 7.27. The van der Waals surface area contributed by atoms with E-state index in [4.69, 9.17) is 14.9 Å². The summed E-state index contributed by atoms with van der Waals surface area (Å²) in [7, 11) is 0. The molecule has 8 heteroatoms. The number of rotatable bonds is 8. The van der Waals surface area contributed by atoms with E-state index in [1.807, 2.05) is 29.2 Å². The molecule has 8 nitrogen and oxygen atoms in total. The van der Waals surface area contributed by atoms with Gasteiger partial charge in [0.1, 0.15) is 17.4 Å². The van der Waals surface area contributed by atoms with Crippen LogP contribution in [0.15, 0.2) is 21.5 Å². The van der Waals surface area contributed by atoms with E-state index in [1.54, 1.807) is 11.8 Å². The SMILES string of the molecule is CC(=O)N(CCN1CCN=C1C(C#N)C#N)Cc1ccc(CN2CCCCC2)o1. The van der Waals surface area contributed by atoms with Gasteiger partial charge in [-0.2, -0.15) is 10.5 Å². The third-order valence-corrected chi connectivity index (χ3v) is 5.46. The zero-order valence-corrected chi connectivity index (χ0v) is 17.0. The van der Waals surface area contributed by atoms with Crippen molar-refractivity contribution in [3.8, 4) is 12.1 Å². The van der Waals surface area contributed by atoms with Gasteiger partial charge in [0.25, 0.3) is 0 Å². The maximum atomic E-state index is 12.1. The van der Waals surface area contributed by atoms with Crippen LogP contribution in [0.5, 0.6) is 0 Å². The Hall–Kier alpha value is -2.84. The fourth-order valence-corrected chi connectivity index (χ4v) is 3.85. The Labute approximate surface area is 172 Å². The number of carbonyl (C=O) groups excluding carboxylic acids is 1. The van der Waals surface area contributed by atoms with Crippen molar-refractivity contribution in [1.82, 2.24) is 14.7 Å². The Morgan fingerprint density at radius 2 is 1.93 bits per heavy atom. The van der Waals surface area contributed by atoms with Crippen molar-refractivity contribution in [2.75, 3.05) is 39.3 Å². The fourth-order valence-electron chi connectivity index (χ4n) is 3.85. The summed E-state index contributed by atoms with van der Waals surface area (Å²) in [5, 5.41) is 18.2. The lowest BCUT2D eigenvalue weighted by Gasteiger charge is -2.26. The van der Waals surface area contributed by atoms with Gasteiger partial charge in [0.15, 0.2) is 5.92 Å². The van der Waals surface area contributed by atoms with Crippen LogP contribution in [0.2, 0.25) is 0 Å². The van der Waals surface area contributed by atoms with E-state index in [-0.39, 0.29) is 5.91 Å². The van der Waals surface area contributed by atoms with E-state index >= 15 is 0 Å². The molecule has 0 N–H and O–H groups in total. The second kappa shape index (κ2) is 10.1. The molecule has 2 aliphatic heterocycles. The summed E-state index contributed by atoms with van der Waals surface area (Å²) in [5.41, 5.74) is 0. The van der Waals surface area contributed by atoms with Gasteiger partial charge in [0.2, 0.25) is 5.91 Å². The highest BCUT2D eigenvalue weighted by Gasteiger charge is 2.26. The molecule has 0 spiro atoms. The Morgan fingerprint density at radius 3 is 2.62 bits per heavy atom. The molecule has 2 aliphatic rings. The number of amides is 1. The molecule has 0 atom stereocenters. The second-order valence-corrected chi connectivity index (χ2v) is 7.56. The third-order valence-electron chi connectivity index (χ3n) is 5.46. The number of furan rings is 1. The smallest absolute Gasteiger partial charge is 0.219 e.